The van der Waals surface area contributed by atoms with Crippen LogP contribution in [0.1, 0.15) is 15.1 Å². The second kappa shape index (κ2) is 12.3. The molecule has 0 amide bonds. The van der Waals surface area contributed by atoms with Crippen molar-refractivity contribution < 1.29 is 23.9 Å². The zero-order chi connectivity index (χ0) is 47.0. The summed E-state index contributed by atoms with van der Waals surface area (Å²) in [5, 5.41) is 3.27. The van der Waals surface area contributed by atoms with Crippen LogP contribution >= 0.6 is 0 Å². The van der Waals surface area contributed by atoms with Crippen molar-refractivity contribution in [1.82, 2.24) is 19.5 Å². The fourth-order valence-corrected chi connectivity index (χ4v) is 7.69. The molecule has 57 heavy (non-hydrogen) atoms. The maximum Gasteiger partial charge on any atom is 0.238 e. The average molecular weight is 742 g/mol. The monoisotopic (exact) mass is 741 g/mol. The second-order valence-electron chi connectivity index (χ2n) is 13.6. The first-order valence-corrected chi connectivity index (χ1v) is 18.1. The molecule has 266 valence electrons. The highest BCUT2D eigenvalue weighted by atomic mass is 16.3. The van der Waals surface area contributed by atoms with Crippen molar-refractivity contribution in [3.8, 4) is 51.0 Å². The summed E-state index contributed by atoms with van der Waals surface area (Å²) < 4.78 is 113. The maximum atomic E-state index is 9.69. The number of rotatable bonds is 5. The molecule has 0 unspecified atom stereocenters. The highest BCUT2D eigenvalue weighted by molar-refractivity contribution is 6.18. The van der Waals surface area contributed by atoms with Gasteiger partial charge in [-0.25, -0.2) is 4.98 Å². The zero-order valence-corrected chi connectivity index (χ0v) is 29.6. The molecule has 12 rings (SSSR count). The number of nitrogens with zero attached hydrogens (tertiary/aromatic N) is 4. The fourth-order valence-electron chi connectivity index (χ4n) is 7.69. The molecule has 0 saturated heterocycles. The summed E-state index contributed by atoms with van der Waals surface area (Å²) in [4.78, 5) is 14.5. The van der Waals surface area contributed by atoms with E-state index >= 15 is 0 Å². The van der Waals surface area contributed by atoms with Gasteiger partial charge < -0.3 is 8.83 Å². The van der Waals surface area contributed by atoms with Gasteiger partial charge in [-0.1, -0.05) is 133 Å². The quantitative estimate of drug-likeness (QED) is 0.176. The molecular weight excluding hydrogens is 701 g/mol. The third-order valence-electron chi connectivity index (χ3n) is 10.3. The minimum Gasteiger partial charge on any atom is -0.456 e. The van der Waals surface area contributed by atoms with Crippen molar-refractivity contribution in [3.05, 3.63) is 182 Å². The molecule has 0 aliphatic rings. The van der Waals surface area contributed by atoms with Crippen molar-refractivity contribution in [2.45, 2.75) is 0 Å². The standard InChI is InChI=1S/C51H30N4O2/c1-4-13-31(14-5-1)34-24-26-42-39(27-34)40-30-47-41(37-19-10-11-21-44(37)56-47)29-43(40)55(42)51-53-49(33-17-8-3-9-18-33)52-50(54-51)35-23-25-38-46(28-35)57-45-22-12-20-36(48(38)45)32-15-6-2-7-16-32/h1-30H/i3D,8D,9D,12D,17D,18D,20D,22D,23D,25D,28D. The van der Waals surface area contributed by atoms with Crippen LogP contribution in [0.5, 0.6) is 0 Å². The number of hydrogen-bond acceptors (Lipinski definition) is 5. The number of hydrogen-bond donors (Lipinski definition) is 0. The molecule has 0 spiro atoms. The summed E-state index contributed by atoms with van der Waals surface area (Å²) >= 11 is 0. The molecule has 0 aliphatic carbocycles. The van der Waals surface area contributed by atoms with E-state index in [0.29, 0.717) is 27.8 Å². The van der Waals surface area contributed by atoms with Crippen LogP contribution in [0.15, 0.2) is 191 Å². The van der Waals surface area contributed by atoms with Crippen molar-refractivity contribution in [1.29, 1.82) is 0 Å². The molecule has 6 heteroatoms. The molecule has 0 atom stereocenters. The van der Waals surface area contributed by atoms with Crippen LogP contribution in [0.3, 0.4) is 0 Å². The van der Waals surface area contributed by atoms with E-state index in [1.54, 1.807) is 34.9 Å². The van der Waals surface area contributed by atoms with E-state index in [0.717, 1.165) is 32.7 Å². The lowest BCUT2D eigenvalue weighted by molar-refractivity contribution is 0.669. The summed E-state index contributed by atoms with van der Waals surface area (Å²) in [5.74, 6) is -0.797. The van der Waals surface area contributed by atoms with E-state index in [9.17, 15) is 4.11 Å². The molecule has 0 aliphatic heterocycles. The Kier molecular flexibility index (Phi) is 4.88. The number of para-hydroxylation sites is 1. The van der Waals surface area contributed by atoms with Crippen LogP contribution in [0, 0.1) is 0 Å². The molecule has 0 radical (unpaired) electrons. The molecule has 4 aromatic heterocycles. The van der Waals surface area contributed by atoms with Crippen molar-refractivity contribution in [2.24, 2.45) is 0 Å². The average Bonchev–Trinajstić information content (AvgIpc) is 4.03. The van der Waals surface area contributed by atoms with Crippen LogP contribution in [0.25, 0.3) is 117 Å². The molecule has 0 N–H and O–H groups in total. The minimum absolute atomic E-state index is 0.0206. The van der Waals surface area contributed by atoms with E-state index in [2.05, 4.69) is 4.98 Å². The maximum absolute atomic E-state index is 9.69. The smallest absolute Gasteiger partial charge is 0.238 e. The topological polar surface area (TPSA) is 69.9 Å². The molecule has 12 aromatic rings. The predicted molar refractivity (Wildman–Crippen MR) is 230 cm³/mol. The van der Waals surface area contributed by atoms with Gasteiger partial charge in [0.25, 0.3) is 0 Å². The highest BCUT2D eigenvalue weighted by Crippen LogP contribution is 2.41. The van der Waals surface area contributed by atoms with E-state index in [1.165, 1.54) is 0 Å². The predicted octanol–water partition coefficient (Wildman–Crippen LogP) is 13.4. The van der Waals surface area contributed by atoms with E-state index < -0.39 is 60.4 Å². The van der Waals surface area contributed by atoms with Gasteiger partial charge in [0.05, 0.1) is 26.1 Å². The summed E-state index contributed by atoms with van der Waals surface area (Å²) in [5.41, 5.74) is 4.07. The lowest BCUT2D eigenvalue weighted by atomic mass is 9.99. The lowest BCUT2D eigenvalue weighted by Crippen LogP contribution is -2.06. The molecule has 0 fully saturated rings. The van der Waals surface area contributed by atoms with E-state index in [4.69, 9.17) is 29.8 Å². The molecule has 0 saturated carbocycles. The minimum atomic E-state index is -0.633. The highest BCUT2D eigenvalue weighted by Gasteiger charge is 2.21. The number of furan rings is 2. The Hall–Kier alpha value is -7.83. The first-order valence-electron chi connectivity index (χ1n) is 23.6. The van der Waals surface area contributed by atoms with E-state index in [-0.39, 0.29) is 62.3 Å². The third kappa shape index (κ3) is 5.01. The Bertz CT molecular complexity index is 4140. The summed E-state index contributed by atoms with van der Waals surface area (Å²) in [7, 11) is 0. The van der Waals surface area contributed by atoms with Crippen LogP contribution in [-0.2, 0) is 0 Å². The van der Waals surface area contributed by atoms with Gasteiger partial charge in [-0.3, -0.25) is 4.57 Å². The van der Waals surface area contributed by atoms with Gasteiger partial charge >= 0.3 is 0 Å². The van der Waals surface area contributed by atoms with Gasteiger partial charge in [0.1, 0.15) is 22.3 Å². The van der Waals surface area contributed by atoms with Gasteiger partial charge in [-0.05, 0) is 70.7 Å². The largest absolute Gasteiger partial charge is 0.456 e. The SMILES string of the molecule is [2H]c1c([2H])c([2H])c(-c2nc(-c3c([2H])c([2H])c4c(oc5c([2H])c([2H])c([2H])c(-c6ccccc6)c54)c3[2H])nc(-n3c4ccc(-c5ccccc5)cc4c4cc5oc6ccccc6c5cc43)n2)c([2H])c1[2H]. The third-order valence-corrected chi connectivity index (χ3v) is 10.3. The Labute approximate surface area is 341 Å². The first kappa shape index (κ1) is 22.5. The van der Waals surface area contributed by atoms with Gasteiger partial charge in [0.15, 0.2) is 11.6 Å². The Morgan fingerprint density at radius 2 is 1.16 bits per heavy atom. The Morgan fingerprint density at radius 1 is 0.421 bits per heavy atom. The molecular formula is C51H30N4O2. The van der Waals surface area contributed by atoms with Gasteiger partial charge in [0, 0.05) is 43.4 Å². The van der Waals surface area contributed by atoms with Crippen molar-refractivity contribution in [2.75, 3.05) is 0 Å². The molecule has 8 aromatic carbocycles. The lowest BCUT2D eigenvalue weighted by Gasteiger charge is -2.11. The zero-order valence-electron chi connectivity index (χ0n) is 40.6. The Balaban J connectivity index is 1.21. The van der Waals surface area contributed by atoms with Gasteiger partial charge in [0.2, 0.25) is 5.95 Å². The second-order valence-corrected chi connectivity index (χ2v) is 13.6. The molecule has 4 heterocycles. The van der Waals surface area contributed by atoms with Gasteiger partial charge in [-0.2, -0.15) is 9.97 Å². The van der Waals surface area contributed by atoms with Crippen LogP contribution in [0.2, 0.25) is 0 Å². The number of benzene rings is 8. The van der Waals surface area contributed by atoms with E-state index in [1.807, 2.05) is 84.9 Å². The molecule has 0 bridgehead atoms. The van der Waals surface area contributed by atoms with Crippen LogP contribution in [0.4, 0.5) is 0 Å². The summed E-state index contributed by atoms with van der Waals surface area (Å²) in [6.07, 6.45) is 0. The van der Waals surface area contributed by atoms with Crippen molar-refractivity contribution >= 4 is 65.7 Å². The normalized spacial score (nSPS) is 14.6. The summed E-state index contributed by atoms with van der Waals surface area (Å²) in [6.45, 7) is 0. The number of fused-ring (bicyclic) bond motifs is 9. The number of aromatic nitrogens is 4. The fraction of sp³-hybridized carbons (Fsp3) is 0. The van der Waals surface area contributed by atoms with Crippen LogP contribution in [-0.4, -0.2) is 19.5 Å². The van der Waals surface area contributed by atoms with Crippen LogP contribution < -0.4 is 0 Å². The molecule has 6 nitrogen and oxygen atoms in total. The van der Waals surface area contributed by atoms with Gasteiger partial charge in [-0.15, -0.1) is 0 Å². The Morgan fingerprint density at radius 3 is 2.00 bits per heavy atom. The van der Waals surface area contributed by atoms with Crippen molar-refractivity contribution in [3.63, 3.8) is 0 Å². The summed E-state index contributed by atoms with van der Waals surface area (Å²) in [6, 6.07) is 30.3. The first-order chi connectivity index (χ1) is 32.8.